The van der Waals surface area contributed by atoms with Crippen LogP contribution in [-0.2, 0) is 24.0 Å². The van der Waals surface area contributed by atoms with Gasteiger partial charge < -0.3 is 31.9 Å². The van der Waals surface area contributed by atoms with Crippen molar-refractivity contribution < 1.29 is 34.2 Å². The van der Waals surface area contributed by atoms with Crippen molar-refractivity contribution in [1.82, 2.24) is 16.0 Å². The van der Waals surface area contributed by atoms with Gasteiger partial charge in [-0.05, 0) is 25.2 Å². The smallest absolute Gasteiger partial charge is 0.326 e. The van der Waals surface area contributed by atoms with Crippen molar-refractivity contribution in [3.63, 3.8) is 0 Å². The lowest BCUT2D eigenvalue weighted by Gasteiger charge is -2.26. The third-order valence-corrected chi connectivity index (χ3v) is 4.24. The third-order valence-electron chi connectivity index (χ3n) is 4.24. The molecule has 11 heteroatoms. The highest BCUT2D eigenvalue weighted by molar-refractivity contribution is 5.94. The van der Waals surface area contributed by atoms with Crippen molar-refractivity contribution in [1.29, 1.82) is 0 Å². The minimum atomic E-state index is -1.19. The molecular formula is C18H32N4O7. The maximum Gasteiger partial charge on any atom is 0.326 e. The molecule has 0 bridgehead atoms. The summed E-state index contributed by atoms with van der Waals surface area (Å²) in [5, 5.41) is 25.1. The largest absolute Gasteiger partial charge is 0.481 e. The van der Waals surface area contributed by atoms with Crippen LogP contribution in [0.3, 0.4) is 0 Å². The quantitative estimate of drug-likeness (QED) is 0.235. The molecule has 4 atom stereocenters. The summed E-state index contributed by atoms with van der Waals surface area (Å²) in [5.41, 5.74) is 5.65. The molecule has 0 aliphatic carbocycles. The Morgan fingerprint density at radius 2 is 1.24 bits per heavy atom. The Morgan fingerprint density at radius 3 is 1.66 bits per heavy atom. The highest BCUT2D eigenvalue weighted by atomic mass is 16.4. The van der Waals surface area contributed by atoms with Gasteiger partial charge in [-0.1, -0.05) is 27.7 Å². The van der Waals surface area contributed by atoms with Gasteiger partial charge in [0.05, 0.1) is 6.04 Å². The van der Waals surface area contributed by atoms with Gasteiger partial charge in [0, 0.05) is 6.42 Å². The summed E-state index contributed by atoms with van der Waals surface area (Å²) >= 11 is 0. The summed E-state index contributed by atoms with van der Waals surface area (Å²) in [5.74, 6) is -4.97. The van der Waals surface area contributed by atoms with Crippen LogP contribution < -0.4 is 21.7 Å². The highest BCUT2D eigenvalue weighted by Gasteiger charge is 2.30. The second-order valence-electron chi connectivity index (χ2n) is 7.57. The molecule has 4 unspecified atom stereocenters. The molecule has 0 rings (SSSR count). The van der Waals surface area contributed by atoms with Crippen LogP contribution in [-0.4, -0.2) is 64.0 Å². The van der Waals surface area contributed by atoms with Gasteiger partial charge in [0.1, 0.15) is 18.1 Å². The maximum atomic E-state index is 12.5. The van der Waals surface area contributed by atoms with Gasteiger partial charge in [0.2, 0.25) is 17.7 Å². The second-order valence-corrected chi connectivity index (χ2v) is 7.57. The van der Waals surface area contributed by atoms with E-state index >= 15 is 0 Å². The Morgan fingerprint density at radius 1 is 0.759 bits per heavy atom. The molecule has 0 aromatic rings. The van der Waals surface area contributed by atoms with Crippen molar-refractivity contribution in [2.24, 2.45) is 17.6 Å². The van der Waals surface area contributed by atoms with E-state index in [-0.39, 0.29) is 24.7 Å². The zero-order valence-corrected chi connectivity index (χ0v) is 17.4. The summed E-state index contributed by atoms with van der Waals surface area (Å²) in [7, 11) is 0. The molecule has 29 heavy (non-hydrogen) atoms. The number of hydrogen-bond acceptors (Lipinski definition) is 6. The van der Waals surface area contributed by atoms with Crippen LogP contribution >= 0.6 is 0 Å². The van der Waals surface area contributed by atoms with Crippen LogP contribution in [0.15, 0.2) is 0 Å². The van der Waals surface area contributed by atoms with Crippen molar-refractivity contribution in [2.45, 2.75) is 71.6 Å². The van der Waals surface area contributed by atoms with Crippen LogP contribution in [0.1, 0.15) is 47.5 Å². The number of hydrogen-bond donors (Lipinski definition) is 6. The molecule has 0 radical (unpaired) electrons. The first-order valence-corrected chi connectivity index (χ1v) is 9.39. The summed E-state index contributed by atoms with van der Waals surface area (Å²) in [6, 6.07) is -4.24. The van der Waals surface area contributed by atoms with E-state index in [1.54, 1.807) is 27.7 Å². The Hall–Kier alpha value is -2.69. The molecule has 0 aliphatic heterocycles. The molecule has 0 heterocycles. The van der Waals surface area contributed by atoms with Crippen molar-refractivity contribution >= 4 is 29.7 Å². The molecule has 11 nitrogen and oxygen atoms in total. The molecule has 0 aromatic heterocycles. The van der Waals surface area contributed by atoms with Gasteiger partial charge in [-0.15, -0.1) is 0 Å². The number of rotatable bonds is 12. The van der Waals surface area contributed by atoms with Gasteiger partial charge >= 0.3 is 11.9 Å². The summed E-state index contributed by atoms with van der Waals surface area (Å²) in [4.78, 5) is 58.7. The maximum absolute atomic E-state index is 12.5. The lowest BCUT2D eigenvalue weighted by atomic mass is 10.0. The molecule has 0 saturated heterocycles. The first-order chi connectivity index (χ1) is 13.3. The standard InChI is InChI=1S/C18H32N4O7/c1-8(2)13(21-16(26)11(19)6-7-12(23)24)17(27)20-10(5)15(25)22-14(9(3)4)18(28)29/h8-11,13-14H,6-7,19H2,1-5H3,(H,20,27)(H,21,26)(H,22,25)(H,23,24)(H,28,29). The molecule has 0 aromatic carbocycles. The van der Waals surface area contributed by atoms with Crippen molar-refractivity contribution in [2.75, 3.05) is 0 Å². The Labute approximate surface area is 169 Å². The van der Waals surface area contributed by atoms with E-state index < -0.39 is 53.8 Å². The van der Waals surface area contributed by atoms with Gasteiger partial charge in [-0.2, -0.15) is 0 Å². The van der Waals surface area contributed by atoms with E-state index in [2.05, 4.69) is 16.0 Å². The molecule has 166 valence electrons. The zero-order valence-electron chi connectivity index (χ0n) is 17.4. The molecule has 7 N–H and O–H groups in total. The Bertz CT molecular complexity index is 621. The van der Waals surface area contributed by atoms with E-state index in [0.717, 1.165) is 0 Å². The van der Waals surface area contributed by atoms with E-state index in [0.29, 0.717) is 0 Å². The van der Waals surface area contributed by atoms with E-state index in [1.165, 1.54) is 6.92 Å². The highest BCUT2D eigenvalue weighted by Crippen LogP contribution is 2.06. The molecule has 0 fully saturated rings. The van der Waals surface area contributed by atoms with Crippen LogP contribution in [0.4, 0.5) is 0 Å². The summed E-state index contributed by atoms with van der Waals surface area (Å²) < 4.78 is 0. The third kappa shape index (κ3) is 9.37. The fourth-order valence-corrected chi connectivity index (χ4v) is 2.37. The Kier molecular flexibility index (Phi) is 10.9. The molecule has 3 amide bonds. The molecule has 0 aliphatic rings. The van der Waals surface area contributed by atoms with Crippen LogP contribution in [0.5, 0.6) is 0 Å². The monoisotopic (exact) mass is 416 g/mol. The fourth-order valence-electron chi connectivity index (χ4n) is 2.37. The fraction of sp³-hybridized carbons (Fsp3) is 0.722. The SMILES string of the molecule is CC(NC(=O)C(NC(=O)C(N)CCC(=O)O)C(C)C)C(=O)NC(C(=O)O)C(C)C. The summed E-state index contributed by atoms with van der Waals surface area (Å²) in [6.45, 7) is 8.03. The number of nitrogens with two attached hydrogens (primary N) is 1. The van der Waals surface area contributed by atoms with Gasteiger partial charge in [-0.25, -0.2) is 4.79 Å². The van der Waals surface area contributed by atoms with E-state index in [9.17, 15) is 24.0 Å². The molecule has 0 saturated carbocycles. The first kappa shape index (κ1) is 26.3. The van der Waals surface area contributed by atoms with Gasteiger partial charge in [-0.3, -0.25) is 19.2 Å². The van der Waals surface area contributed by atoms with Gasteiger partial charge in [0.25, 0.3) is 0 Å². The number of carboxylic acid groups (broad SMARTS) is 2. The predicted molar refractivity (Wildman–Crippen MR) is 104 cm³/mol. The number of carbonyl (C=O) groups is 5. The van der Waals surface area contributed by atoms with Crippen molar-refractivity contribution in [3.05, 3.63) is 0 Å². The topological polar surface area (TPSA) is 188 Å². The van der Waals surface area contributed by atoms with Crippen molar-refractivity contribution in [3.8, 4) is 0 Å². The first-order valence-electron chi connectivity index (χ1n) is 9.39. The molecular weight excluding hydrogens is 384 g/mol. The van der Waals surface area contributed by atoms with E-state index in [4.69, 9.17) is 15.9 Å². The van der Waals surface area contributed by atoms with Gasteiger partial charge in [0.15, 0.2) is 0 Å². The predicted octanol–water partition coefficient (Wildman–Crippen LogP) is -0.951. The average molecular weight is 416 g/mol. The Balaban J connectivity index is 4.96. The van der Waals surface area contributed by atoms with Crippen LogP contribution in [0.2, 0.25) is 0 Å². The summed E-state index contributed by atoms with van der Waals surface area (Å²) in [6.07, 6.45) is -0.372. The van der Waals surface area contributed by atoms with Crippen LogP contribution in [0.25, 0.3) is 0 Å². The minimum Gasteiger partial charge on any atom is -0.481 e. The number of aliphatic carboxylic acids is 2. The zero-order chi connectivity index (χ0) is 22.9. The second kappa shape index (κ2) is 12.0. The van der Waals surface area contributed by atoms with Crippen LogP contribution in [0, 0.1) is 11.8 Å². The number of carboxylic acids is 2. The van der Waals surface area contributed by atoms with E-state index in [1.807, 2.05) is 0 Å². The normalized spacial score (nSPS) is 15.2. The lowest BCUT2D eigenvalue weighted by Crippen LogP contribution is -2.58. The number of carbonyl (C=O) groups excluding carboxylic acids is 3. The average Bonchev–Trinajstić information content (AvgIpc) is 2.60. The minimum absolute atomic E-state index is 0.0851. The number of nitrogens with one attached hydrogen (secondary N) is 3. The number of amides is 3. The lowest BCUT2D eigenvalue weighted by molar-refractivity contribution is -0.143. The molecule has 0 spiro atoms.